The maximum atomic E-state index is 13.2. The quantitative estimate of drug-likeness (QED) is 0.412. The normalized spacial score (nSPS) is 10.9. The molecule has 0 amide bonds. The number of halogens is 1. The SMILES string of the molecule is Fc1ccc(-n2ncc3c(Nc4ccc(OCc5ccccc5)cc4)ncnc32)cc1. The maximum Gasteiger partial charge on any atom is 0.168 e. The average molecular weight is 411 g/mol. The Morgan fingerprint density at radius 1 is 0.871 bits per heavy atom. The van der Waals surface area contributed by atoms with Gasteiger partial charge in [-0.15, -0.1) is 0 Å². The van der Waals surface area contributed by atoms with Gasteiger partial charge >= 0.3 is 0 Å². The van der Waals surface area contributed by atoms with Crippen molar-refractivity contribution in [1.82, 2.24) is 19.7 Å². The van der Waals surface area contributed by atoms with Gasteiger partial charge in [0.15, 0.2) is 5.65 Å². The Hall–Kier alpha value is -4.26. The number of rotatable bonds is 6. The highest BCUT2D eigenvalue weighted by molar-refractivity contribution is 5.89. The molecule has 2 aromatic heterocycles. The Kier molecular flexibility index (Phi) is 4.98. The lowest BCUT2D eigenvalue weighted by atomic mass is 10.2. The van der Waals surface area contributed by atoms with Crippen LogP contribution in [0.3, 0.4) is 0 Å². The van der Waals surface area contributed by atoms with Crippen molar-refractivity contribution < 1.29 is 9.13 Å². The van der Waals surface area contributed by atoms with Gasteiger partial charge in [0.2, 0.25) is 0 Å². The third-order valence-corrected chi connectivity index (χ3v) is 4.80. The molecule has 0 saturated heterocycles. The molecular formula is C24H18FN5O. The highest BCUT2D eigenvalue weighted by Crippen LogP contribution is 2.26. The van der Waals surface area contributed by atoms with Crippen molar-refractivity contribution in [2.24, 2.45) is 0 Å². The molecule has 0 saturated carbocycles. The molecule has 0 aliphatic rings. The highest BCUT2D eigenvalue weighted by atomic mass is 19.1. The van der Waals surface area contributed by atoms with E-state index in [0.717, 1.165) is 28.1 Å². The number of ether oxygens (including phenoxy) is 1. The van der Waals surface area contributed by atoms with Crippen LogP contribution in [0, 0.1) is 5.82 Å². The molecule has 0 atom stereocenters. The zero-order chi connectivity index (χ0) is 21.0. The van der Waals surface area contributed by atoms with Crippen molar-refractivity contribution in [3.63, 3.8) is 0 Å². The molecule has 5 aromatic rings. The van der Waals surface area contributed by atoms with Crippen molar-refractivity contribution in [2.45, 2.75) is 6.61 Å². The van der Waals surface area contributed by atoms with E-state index in [1.807, 2.05) is 54.6 Å². The van der Waals surface area contributed by atoms with Crippen LogP contribution >= 0.6 is 0 Å². The number of anilines is 2. The van der Waals surface area contributed by atoms with Crippen LogP contribution in [0.15, 0.2) is 91.4 Å². The smallest absolute Gasteiger partial charge is 0.168 e. The Bertz CT molecular complexity index is 1300. The van der Waals surface area contributed by atoms with E-state index in [4.69, 9.17) is 4.74 Å². The molecule has 3 aromatic carbocycles. The number of nitrogens with zero attached hydrogens (tertiary/aromatic N) is 4. The van der Waals surface area contributed by atoms with Crippen LogP contribution in [-0.4, -0.2) is 19.7 Å². The predicted octanol–water partition coefficient (Wildman–Crippen LogP) is 5.28. The Labute approximate surface area is 178 Å². The summed E-state index contributed by atoms with van der Waals surface area (Å²) in [5, 5.41) is 8.46. The molecule has 31 heavy (non-hydrogen) atoms. The molecule has 0 fully saturated rings. The second-order valence-electron chi connectivity index (χ2n) is 6.92. The van der Waals surface area contributed by atoms with E-state index in [2.05, 4.69) is 20.4 Å². The topological polar surface area (TPSA) is 64.9 Å². The monoisotopic (exact) mass is 411 g/mol. The fourth-order valence-corrected chi connectivity index (χ4v) is 3.23. The average Bonchev–Trinajstić information content (AvgIpc) is 3.25. The minimum absolute atomic E-state index is 0.298. The molecule has 6 nitrogen and oxygen atoms in total. The summed E-state index contributed by atoms with van der Waals surface area (Å²) < 4.78 is 20.7. The third-order valence-electron chi connectivity index (χ3n) is 4.80. The van der Waals surface area contributed by atoms with Crippen molar-refractivity contribution in [1.29, 1.82) is 0 Å². The van der Waals surface area contributed by atoms with E-state index in [0.29, 0.717) is 18.1 Å². The van der Waals surface area contributed by atoms with Gasteiger partial charge in [0.05, 0.1) is 17.3 Å². The van der Waals surface area contributed by atoms with Gasteiger partial charge in [-0.3, -0.25) is 0 Å². The van der Waals surface area contributed by atoms with E-state index < -0.39 is 0 Å². The van der Waals surface area contributed by atoms with Crippen molar-refractivity contribution >= 4 is 22.5 Å². The second-order valence-corrected chi connectivity index (χ2v) is 6.92. The zero-order valence-electron chi connectivity index (χ0n) is 16.4. The van der Waals surface area contributed by atoms with Crippen LogP contribution in [0.5, 0.6) is 5.75 Å². The molecule has 0 aliphatic heterocycles. The molecule has 0 aliphatic carbocycles. The van der Waals surface area contributed by atoms with Gasteiger partial charge in [0, 0.05) is 5.69 Å². The summed E-state index contributed by atoms with van der Waals surface area (Å²) in [5.41, 5.74) is 3.33. The summed E-state index contributed by atoms with van der Waals surface area (Å²) in [7, 11) is 0. The second kappa shape index (κ2) is 8.23. The summed E-state index contributed by atoms with van der Waals surface area (Å²) in [6, 6.07) is 23.8. The molecule has 0 bridgehead atoms. The maximum absolute atomic E-state index is 13.2. The third kappa shape index (κ3) is 4.06. The van der Waals surface area contributed by atoms with Gasteiger partial charge in [0.1, 0.15) is 30.3 Å². The molecule has 0 radical (unpaired) electrons. The minimum Gasteiger partial charge on any atom is -0.489 e. The van der Waals surface area contributed by atoms with Crippen LogP contribution in [-0.2, 0) is 6.61 Å². The molecule has 1 N–H and O–H groups in total. The van der Waals surface area contributed by atoms with Gasteiger partial charge in [0.25, 0.3) is 0 Å². The van der Waals surface area contributed by atoms with Crippen molar-refractivity contribution in [3.8, 4) is 11.4 Å². The number of nitrogens with one attached hydrogen (secondary N) is 1. The number of fused-ring (bicyclic) bond motifs is 1. The highest BCUT2D eigenvalue weighted by Gasteiger charge is 2.11. The van der Waals surface area contributed by atoms with Crippen LogP contribution in [0.25, 0.3) is 16.7 Å². The van der Waals surface area contributed by atoms with Crippen molar-refractivity contribution in [3.05, 3.63) is 103 Å². The predicted molar refractivity (Wildman–Crippen MR) is 117 cm³/mol. The first-order chi connectivity index (χ1) is 15.3. The number of hydrogen-bond donors (Lipinski definition) is 1. The van der Waals surface area contributed by atoms with Crippen LogP contribution in [0.1, 0.15) is 5.56 Å². The lowest BCUT2D eigenvalue weighted by Gasteiger charge is -2.09. The first-order valence-corrected chi connectivity index (χ1v) is 9.75. The number of aromatic nitrogens is 4. The first kappa shape index (κ1) is 18.7. The lowest BCUT2D eigenvalue weighted by molar-refractivity contribution is 0.306. The fourth-order valence-electron chi connectivity index (χ4n) is 3.23. The Balaban J connectivity index is 1.34. The van der Waals surface area contributed by atoms with Gasteiger partial charge in [-0.05, 0) is 54.1 Å². The van der Waals surface area contributed by atoms with Crippen LogP contribution < -0.4 is 10.1 Å². The van der Waals surface area contributed by atoms with E-state index >= 15 is 0 Å². The largest absolute Gasteiger partial charge is 0.489 e. The molecule has 152 valence electrons. The Morgan fingerprint density at radius 2 is 1.65 bits per heavy atom. The van der Waals surface area contributed by atoms with E-state index in [9.17, 15) is 4.39 Å². The molecule has 5 rings (SSSR count). The van der Waals surface area contributed by atoms with Gasteiger partial charge in [-0.2, -0.15) is 5.10 Å². The number of hydrogen-bond acceptors (Lipinski definition) is 5. The van der Waals surface area contributed by atoms with E-state index in [-0.39, 0.29) is 5.82 Å². The molecule has 2 heterocycles. The Morgan fingerprint density at radius 3 is 2.42 bits per heavy atom. The fraction of sp³-hybridized carbons (Fsp3) is 0.0417. The molecule has 0 spiro atoms. The van der Waals surface area contributed by atoms with Gasteiger partial charge in [-0.1, -0.05) is 30.3 Å². The van der Waals surface area contributed by atoms with Crippen molar-refractivity contribution in [2.75, 3.05) is 5.32 Å². The van der Waals surface area contributed by atoms with Gasteiger partial charge < -0.3 is 10.1 Å². The summed E-state index contributed by atoms with van der Waals surface area (Å²) in [5.74, 6) is 1.12. The number of benzene rings is 3. The summed E-state index contributed by atoms with van der Waals surface area (Å²) in [4.78, 5) is 8.70. The zero-order valence-corrected chi connectivity index (χ0v) is 16.4. The molecular weight excluding hydrogens is 393 g/mol. The van der Waals surface area contributed by atoms with Gasteiger partial charge in [-0.25, -0.2) is 19.0 Å². The first-order valence-electron chi connectivity index (χ1n) is 9.75. The summed E-state index contributed by atoms with van der Waals surface area (Å²) in [6.07, 6.45) is 3.17. The van der Waals surface area contributed by atoms with Crippen LogP contribution in [0.2, 0.25) is 0 Å². The molecule has 0 unspecified atom stereocenters. The standard InChI is InChI=1S/C24H18FN5O/c25-18-6-10-20(11-7-18)30-24-22(14-28-30)23(26-16-27-24)29-19-8-12-21(13-9-19)31-15-17-4-2-1-3-5-17/h1-14,16H,15H2,(H,26,27,29). The summed E-state index contributed by atoms with van der Waals surface area (Å²) >= 11 is 0. The lowest BCUT2D eigenvalue weighted by Crippen LogP contribution is -2.00. The summed E-state index contributed by atoms with van der Waals surface area (Å²) in [6.45, 7) is 0.517. The molecule has 7 heteroatoms. The van der Waals surface area contributed by atoms with Crippen LogP contribution in [0.4, 0.5) is 15.9 Å². The van der Waals surface area contributed by atoms with E-state index in [1.54, 1.807) is 23.0 Å². The van der Waals surface area contributed by atoms with E-state index in [1.165, 1.54) is 18.5 Å². The minimum atomic E-state index is -0.298.